The maximum Gasteiger partial charge on any atom is 0.113 e. The van der Waals surface area contributed by atoms with Crippen LogP contribution in [-0.4, -0.2) is 20.8 Å². The van der Waals surface area contributed by atoms with Gasteiger partial charge in [0.05, 0.1) is 17.1 Å². The van der Waals surface area contributed by atoms with Crippen molar-refractivity contribution in [3.05, 3.63) is 41.7 Å². The number of allylic oxidation sites excluding steroid dienone is 1. The molecule has 1 aliphatic rings. The summed E-state index contributed by atoms with van der Waals surface area (Å²) >= 11 is 0. The largest absolute Gasteiger partial charge is 0.389 e. The highest BCUT2D eigenvalue weighted by atomic mass is 16.3. The fourth-order valence-electron chi connectivity index (χ4n) is 3.23. The summed E-state index contributed by atoms with van der Waals surface area (Å²) in [4.78, 5) is 4.82. The van der Waals surface area contributed by atoms with Gasteiger partial charge in [0.1, 0.15) is 5.82 Å². The number of para-hydroxylation sites is 2. The Balaban J connectivity index is 1.93. The number of hydrogen-bond acceptors (Lipinski definition) is 2. The molecule has 3 heteroatoms. The zero-order chi connectivity index (χ0) is 14.7. The zero-order valence-corrected chi connectivity index (χ0v) is 12.8. The van der Waals surface area contributed by atoms with E-state index in [1.807, 2.05) is 6.07 Å². The molecule has 1 aromatic heterocycles. The van der Waals surface area contributed by atoms with Gasteiger partial charge in [-0.1, -0.05) is 37.1 Å². The van der Waals surface area contributed by atoms with Gasteiger partial charge in [-0.3, -0.25) is 0 Å². The second-order valence-electron chi connectivity index (χ2n) is 5.98. The predicted molar refractivity (Wildman–Crippen MR) is 86.3 cm³/mol. The summed E-state index contributed by atoms with van der Waals surface area (Å²) in [5.41, 5.74) is 3.65. The molecule has 1 unspecified atom stereocenters. The highest BCUT2D eigenvalue weighted by molar-refractivity contribution is 5.76. The first-order valence-electron chi connectivity index (χ1n) is 8.09. The van der Waals surface area contributed by atoms with Crippen molar-refractivity contribution in [1.29, 1.82) is 0 Å². The summed E-state index contributed by atoms with van der Waals surface area (Å²) in [5.74, 6) is 1.14. The van der Waals surface area contributed by atoms with Crippen molar-refractivity contribution in [1.82, 2.24) is 9.55 Å². The smallest absolute Gasteiger partial charge is 0.113 e. The Morgan fingerprint density at radius 1 is 1.29 bits per heavy atom. The average Bonchev–Trinajstić information content (AvgIpc) is 2.67. The van der Waals surface area contributed by atoms with Gasteiger partial charge in [-0.25, -0.2) is 4.98 Å². The van der Waals surface area contributed by atoms with Crippen LogP contribution in [0, 0.1) is 0 Å². The average molecular weight is 284 g/mol. The van der Waals surface area contributed by atoms with Crippen molar-refractivity contribution < 1.29 is 5.11 Å². The number of aliphatic hydroxyl groups excluding tert-OH is 1. The number of benzene rings is 1. The monoisotopic (exact) mass is 284 g/mol. The molecule has 0 fully saturated rings. The highest BCUT2D eigenvalue weighted by Gasteiger charge is 2.14. The highest BCUT2D eigenvalue weighted by Crippen LogP contribution is 2.23. The van der Waals surface area contributed by atoms with Crippen LogP contribution >= 0.6 is 0 Å². The number of nitrogens with zero attached hydrogens (tertiary/aromatic N) is 2. The lowest BCUT2D eigenvalue weighted by molar-refractivity contribution is 0.211. The van der Waals surface area contributed by atoms with Crippen LogP contribution in [0.3, 0.4) is 0 Å². The number of rotatable bonds is 4. The molecule has 1 N–H and O–H groups in total. The first-order valence-corrected chi connectivity index (χ1v) is 8.09. The molecule has 1 heterocycles. The van der Waals surface area contributed by atoms with Crippen LogP contribution in [0.15, 0.2) is 35.9 Å². The van der Waals surface area contributed by atoms with Crippen LogP contribution in [-0.2, 0) is 13.0 Å². The standard InChI is InChI=1S/C18H24N2O/c1-2-11-20-17-10-6-5-9-16(17)19-18(20)13-14-7-3-4-8-15(21)12-14/h5-6,9-10,12,15,21H,2-4,7-8,11,13H2,1H3. The number of aromatic nitrogens is 2. The zero-order valence-electron chi connectivity index (χ0n) is 12.8. The van der Waals surface area contributed by atoms with E-state index in [9.17, 15) is 5.11 Å². The molecule has 0 amide bonds. The molecule has 0 bridgehead atoms. The third kappa shape index (κ3) is 3.18. The van der Waals surface area contributed by atoms with Crippen molar-refractivity contribution in [2.24, 2.45) is 0 Å². The predicted octanol–water partition coefficient (Wildman–Crippen LogP) is 3.85. The van der Waals surface area contributed by atoms with E-state index in [0.29, 0.717) is 0 Å². The van der Waals surface area contributed by atoms with E-state index in [2.05, 4.69) is 35.8 Å². The molecule has 112 valence electrons. The Labute approximate surface area is 126 Å². The number of imidazole rings is 1. The van der Waals surface area contributed by atoms with E-state index in [0.717, 1.165) is 50.0 Å². The Hall–Kier alpha value is -1.61. The molecule has 0 spiro atoms. The molecule has 21 heavy (non-hydrogen) atoms. The molecule has 3 nitrogen and oxygen atoms in total. The second-order valence-corrected chi connectivity index (χ2v) is 5.98. The summed E-state index contributed by atoms with van der Waals surface area (Å²) in [7, 11) is 0. The minimum Gasteiger partial charge on any atom is -0.389 e. The Kier molecular flexibility index (Phi) is 4.39. The van der Waals surface area contributed by atoms with Gasteiger partial charge in [0.25, 0.3) is 0 Å². The Morgan fingerprint density at radius 3 is 3.00 bits per heavy atom. The molecular weight excluding hydrogens is 260 g/mol. The summed E-state index contributed by atoms with van der Waals surface area (Å²) in [5, 5.41) is 9.95. The number of aliphatic hydroxyl groups is 1. The van der Waals surface area contributed by atoms with Crippen molar-refractivity contribution >= 4 is 11.0 Å². The van der Waals surface area contributed by atoms with Crippen LogP contribution in [0.2, 0.25) is 0 Å². The minimum absolute atomic E-state index is 0.272. The minimum atomic E-state index is -0.272. The van der Waals surface area contributed by atoms with Crippen LogP contribution in [0.1, 0.15) is 44.9 Å². The molecule has 1 aromatic carbocycles. The lowest BCUT2D eigenvalue weighted by Gasteiger charge is -2.10. The van der Waals surface area contributed by atoms with E-state index in [-0.39, 0.29) is 6.10 Å². The van der Waals surface area contributed by atoms with Crippen molar-refractivity contribution in [2.75, 3.05) is 0 Å². The van der Waals surface area contributed by atoms with Gasteiger partial charge in [0, 0.05) is 13.0 Å². The molecular formula is C18H24N2O. The van der Waals surface area contributed by atoms with Gasteiger partial charge in [0.2, 0.25) is 0 Å². The number of aryl methyl sites for hydroxylation is 1. The van der Waals surface area contributed by atoms with Gasteiger partial charge in [-0.05, 0) is 37.8 Å². The van der Waals surface area contributed by atoms with Crippen LogP contribution < -0.4 is 0 Å². The van der Waals surface area contributed by atoms with Crippen molar-refractivity contribution in [3.8, 4) is 0 Å². The van der Waals surface area contributed by atoms with Crippen molar-refractivity contribution in [3.63, 3.8) is 0 Å². The molecule has 0 aliphatic heterocycles. The molecule has 2 aromatic rings. The first kappa shape index (κ1) is 14.3. The fraction of sp³-hybridized carbons (Fsp3) is 0.500. The van der Waals surface area contributed by atoms with E-state index < -0.39 is 0 Å². The van der Waals surface area contributed by atoms with Gasteiger partial charge >= 0.3 is 0 Å². The third-order valence-electron chi connectivity index (χ3n) is 4.24. The van der Waals surface area contributed by atoms with E-state index >= 15 is 0 Å². The van der Waals surface area contributed by atoms with E-state index in [1.165, 1.54) is 17.5 Å². The van der Waals surface area contributed by atoms with Gasteiger partial charge in [-0.15, -0.1) is 0 Å². The van der Waals surface area contributed by atoms with Gasteiger partial charge in [-0.2, -0.15) is 0 Å². The summed E-state index contributed by atoms with van der Waals surface area (Å²) < 4.78 is 2.34. The number of fused-ring (bicyclic) bond motifs is 1. The summed E-state index contributed by atoms with van der Waals surface area (Å²) in [6.45, 7) is 3.21. The van der Waals surface area contributed by atoms with Gasteiger partial charge in [0.15, 0.2) is 0 Å². The first-order chi connectivity index (χ1) is 10.3. The van der Waals surface area contributed by atoms with E-state index in [1.54, 1.807) is 0 Å². The molecule has 0 radical (unpaired) electrons. The molecule has 0 saturated heterocycles. The SMILES string of the molecule is CCCn1c(CC2=CC(O)CCCC2)nc2ccccc21. The molecule has 0 saturated carbocycles. The maximum atomic E-state index is 9.95. The summed E-state index contributed by atoms with van der Waals surface area (Å²) in [6.07, 6.45) is 8.04. The normalized spacial score (nSPS) is 19.5. The van der Waals surface area contributed by atoms with Crippen molar-refractivity contribution in [2.45, 2.75) is 58.1 Å². The third-order valence-corrected chi connectivity index (χ3v) is 4.24. The van der Waals surface area contributed by atoms with E-state index in [4.69, 9.17) is 4.98 Å². The Morgan fingerprint density at radius 2 is 2.14 bits per heavy atom. The molecule has 1 aliphatic carbocycles. The van der Waals surface area contributed by atoms with Crippen LogP contribution in [0.25, 0.3) is 11.0 Å². The topological polar surface area (TPSA) is 38.0 Å². The fourth-order valence-corrected chi connectivity index (χ4v) is 3.23. The lowest BCUT2D eigenvalue weighted by atomic mass is 10.1. The number of hydrogen-bond donors (Lipinski definition) is 1. The van der Waals surface area contributed by atoms with Crippen LogP contribution in [0.4, 0.5) is 0 Å². The van der Waals surface area contributed by atoms with Crippen LogP contribution in [0.5, 0.6) is 0 Å². The van der Waals surface area contributed by atoms with Gasteiger partial charge < -0.3 is 9.67 Å². The maximum absolute atomic E-state index is 9.95. The summed E-state index contributed by atoms with van der Waals surface area (Å²) in [6, 6.07) is 8.36. The molecule has 3 rings (SSSR count). The molecule has 1 atom stereocenters. The Bertz CT molecular complexity index is 642. The quantitative estimate of drug-likeness (QED) is 0.866. The second kappa shape index (κ2) is 6.44. The lowest BCUT2D eigenvalue weighted by Crippen LogP contribution is -2.06.